The Hall–Kier alpha value is -1.80. The molecule has 2 nitrogen and oxygen atoms in total. The zero-order valence-electron chi connectivity index (χ0n) is 13.6. The maximum absolute atomic E-state index is 3.23. The van der Waals surface area contributed by atoms with Gasteiger partial charge in [0.15, 0.2) is 0 Å². The van der Waals surface area contributed by atoms with Crippen LogP contribution < -0.4 is 10.2 Å². The van der Waals surface area contributed by atoms with Gasteiger partial charge in [-0.25, -0.2) is 0 Å². The third-order valence-corrected chi connectivity index (χ3v) is 4.01. The maximum Gasteiger partial charge on any atom is 0.0426 e. The van der Waals surface area contributed by atoms with E-state index in [9.17, 15) is 0 Å². The molecule has 112 valence electrons. The van der Waals surface area contributed by atoms with Crippen LogP contribution in [0.15, 0.2) is 48.5 Å². The minimum atomic E-state index is 0.554. The largest absolute Gasteiger partial charge is 0.370 e. The summed E-state index contributed by atoms with van der Waals surface area (Å²) < 4.78 is 0. The molecule has 0 saturated heterocycles. The van der Waals surface area contributed by atoms with E-state index < -0.39 is 0 Å². The molecule has 0 heterocycles. The van der Waals surface area contributed by atoms with E-state index in [-0.39, 0.29) is 0 Å². The summed E-state index contributed by atoms with van der Waals surface area (Å²) in [6, 6.07) is 17.5. The highest BCUT2D eigenvalue weighted by Gasteiger charge is 2.07. The molecule has 0 aliphatic rings. The molecule has 0 amide bonds. The number of nitrogens with one attached hydrogen (secondary N) is 1. The second kappa shape index (κ2) is 7.28. The number of para-hydroxylation sites is 1. The molecule has 0 radical (unpaired) electrons. The summed E-state index contributed by atoms with van der Waals surface area (Å²) in [7, 11) is 4.15. The Morgan fingerprint density at radius 2 is 1.71 bits per heavy atom. The van der Waals surface area contributed by atoms with Gasteiger partial charge >= 0.3 is 0 Å². The first-order chi connectivity index (χ1) is 10.1. The number of aryl methyl sites for hydroxylation is 1. The topological polar surface area (TPSA) is 15.3 Å². The fraction of sp³-hybridized carbons (Fsp3) is 0.368. The van der Waals surface area contributed by atoms with Crippen LogP contribution in [0.5, 0.6) is 0 Å². The number of nitrogens with zero attached hydrogens (tertiary/aromatic N) is 1. The number of rotatable bonds is 6. The molecule has 1 unspecified atom stereocenters. The summed E-state index contributed by atoms with van der Waals surface area (Å²) in [4.78, 5) is 2.31. The van der Waals surface area contributed by atoms with Crippen LogP contribution in [0.25, 0.3) is 0 Å². The van der Waals surface area contributed by atoms with Crippen molar-refractivity contribution in [2.75, 3.05) is 25.5 Å². The Labute approximate surface area is 128 Å². The minimum Gasteiger partial charge on any atom is -0.370 e. The zero-order chi connectivity index (χ0) is 15.2. The van der Waals surface area contributed by atoms with E-state index in [1.807, 2.05) is 7.05 Å². The van der Waals surface area contributed by atoms with Crippen molar-refractivity contribution in [3.05, 3.63) is 65.2 Å². The van der Waals surface area contributed by atoms with Gasteiger partial charge in [0.1, 0.15) is 0 Å². The molecular weight excluding hydrogens is 256 g/mol. The lowest BCUT2D eigenvalue weighted by atomic mass is 9.99. The maximum atomic E-state index is 3.23. The van der Waals surface area contributed by atoms with Crippen LogP contribution in [0, 0.1) is 6.92 Å². The minimum absolute atomic E-state index is 0.554. The van der Waals surface area contributed by atoms with E-state index in [2.05, 4.69) is 79.6 Å². The van der Waals surface area contributed by atoms with E-state index in [4.69, 9.17) is 0 Å². The van der Waals surface area contributed by atoms with Crippen LogP contribution in [0.1, 0.15) is 29.5 Å². The summed E-state index contributed by atoms with van der Waals surface area (Å²) in [5, 5.41) is 3.23. The number of hydrogen-bond acceptors (Lipinski definition) is 2. The van der Waals surface area contributed by atoms with Crippen LogP contribution >= 0.6 is 0 Å². The van der Waals surface area contributed by atoms with Crippen LogP contribution in [-0.4, -0.2) is 20.6 Å². The third kappa shape index (κ3) is 4.08. The summed E-state index contributed by atoms with van der Waals surface area (Å²) in [6.45, 7) is 6.37. The third-order valence-electron chi connectivity index (χ3n) is 4.01. The van der Waals surface area contributed by atoms with Crippen LogP contribution in [-0.2, 0) is 6.54 Å². The monoisotopic (exact) mass is 282 g/mol. The quantitative estimate of drug-likeness (QED) is 0.863. The predicted molar refractivity (Wildman–Crippen MR) is 92.1 cm³/mol. The lowest BCUT2D eigenvalue weighted by Crippen LogP contribution is -2.17. The van der Waals surface area contributed by atoms with E-state index in [0.717, 1.165) is 13.1 Å². The molecule has 0 saturated carbocycles. The van der Waals surface area contributed by atoms with Crippen LogP contribution in [0.4, 0.5) is 5.69 Å². The number of benzene rings is 2. The molecule has 2 aromatic carbocycles. The summed E-state index contributed by atoms with van der Waals surface area (Å²) in [5.41, 5.74) is 5.36. The fourth-order valence-corrected chi connectivity index (χ4v) is 2.73. The molecule has 2 aromatic rings. The lowest BCUT2D eigenvalue weighted by molar-refractivity contribution is 0.677. The van der Waals surface area contributed by atoms with Crippen molar-refractivity contribution in [3.63, 3.8) is 0 Å². The van der Waals surface area contributed by atoms with Crippen molar-refractivity contribution in [1.29, 1.82) is 0 Å². The molecule has 1 atom stereocenters. The average Bonchev–Trinajstić information content (AvgIpc) is 2.48. The Bertz CT molecular complexity index is 560. The van der Waals surface area contributed by atoms with Crippen LogP contribution in [0.2, 0.25) is 0 Å². The Kier molecular flexibility index (Phi) is 5.40. The summed E-state index contributed by atoms with van der Waals surface area (Å²) in [5.74, 6) is 0.554. The van der Waals surface area contributed by atoms with E-state index in [1.165, 1.54) is 22.4 Å². The Morgan fingerprint density at radius 1 is 1.05 bits per heavy atom. The molecule has 0 fully saturated rings. The van der Waals surface area contributed by atoms with Gasteiger partial charge in [0, 0.05) is 25.8 Å². The SMILES string of the molecule is CNCC(C)c1ccc(CN(C)c2ccccc2C)cc1. The summed E-state index contributed by atoms with van der Waals surface area (Å²) >= 11 is 0. The number of hydrogen-bond donors (Lipinski definition) is 1. The van der Waals surface area contributed by atoms with Gasteiger partial charge in [-0.15, -0.1) is 0 Å². The van der Waals surface area contributed by atoms with Crippen molar-refractivity contribution in [1.82, 2.24) is 5.32 Å². The highest BCUT2D eigenvalue weighted by Crippen LogP contribution is 2.21. The second-order valence-corrected chi connectivity index (χ2v) is 5.84. The molecule has 0 bridgehead atoms. The van der Waals surface area contributed by atoms with Gasteiger partial charge in [-0.05, 0) is 42.6 Å². The van der Waals surface area contributed by atoms with Crippen molar-refractivity contribution in [2.24, 2.45) is 0 Å². The highest BCUT2D eigenvalue weighted by molar-refractivity contribution is 5.52. The molecule has 0 aliphatic heterocycles. The van der Waals surface area contributed by atoms with Gasteiger partial charge in [-0.3, -0.25) is 0 Å². The van der Waals surface area contributed by atoms with Gasteiger partial charge in [-0.1, -0.05) is 49.4 Å². The van der Waals surface area contributed by atoms with E-state index >= 15 is 0 Å². The molecule has 21 heavy (non-hydrogen) atoms. The highest BCUT2D eigenvalue weighted by atomic mass is 15.1. The van der Waals surface area contributed by atoms with Crippen molar-refractivity contribution in [3.8, 4) is 0 Å². The molecule has 0 spiro atoms. The normalized spacial score (nSPS) is 12.2. The van der Waals surface area contributed by atoms with Crippen molar-refractivity contribution in [2.45, 2.75) is 26.3 Å². The Balaban J connectivity index is 2.05. The van der Waals surface area contributed by atoms with Gasteiger partial charge in [0.2, 0.25) is 0 Å². The van der Waals surface area contributed by atoms with Gasteiger partial charge in [0.25, 0.3) is 0 Å². The number of anilines is 1. The molecule has 1 N–H and O–H groups in total. The van der Waals surface area contributed by atoms with E-state index in [0.29, 0.717) is 5.92 Å². The molecule has 2 rings (SSSR count). The first-order valence-electron chi connectivity index (χ1n) is 7.62. The van der Waals surface area contributed by atoms with Gasteiger partial charge < -0.3 is 10.2 Å². The number of likely N-dealkylation sites (N-methyl/N-ethyl adjacent to an activating group) is 1. The van der Waals surface area contributed by atoms with Crippen molar-refractivity contribution < 1.29 is 0 Å². The fourth-order valence-electron chi connectivity index (χ4n) is 2.73. The summed E-state index contributed by atoms with van der Waals surface area (Å²) in [6.07, 6.45) is 0. The zero-order valence-corrected chi connectivity index (χ0v) is 13.6. The molecule has 0 aliphatic carbocycles. The standard InChI is InChI=1S/C19H26N2/c1-15-7-5-6-8-19(15)21(4)14-17-9-11-18(12-10-17)16(2)13-20-3/h5-12,16,20H,13-14H2,1-4H3. The van der Waals surface area contributed by atoms with E-state index in [1.54, 1.807) is 0 Å². The predicted octanol–water partition coefficient (Wildman–Crippen LogP) is 3.95. The molecular formula is C19H26N2. The van der Waals surface area contributed by atoms with Gasteiger partial charge in [0.05, 0.1) is 0 Å². The second-order valence-electron chi connectivity index (χ2n) is 5.84. The average molecular weight is 282 g/mol. The smallest absolute Gasteiger partial charge is 0.0426 e. The van der Waals surface area contributed by atoms with Crippen molar-refractivity contribution >= 4 is 5.69 Å². The lowest BCUT2D eigenvalue weighted by Gasteiger charge is -2.22. The molecule has 2 heteroatoms. The molecule has 0 aromatic heterocycles. The first-order valence-corrected chi connectivity index (χ1v) is 7.62. The van der Waals surface area contributed by atoms with Crippen LogP contribution in [0.3, 0.4) is 0 Å². The Morgan fingerprint density at radius 3 is 2.33 bits per heavy atom. The first kappa shape index (κ1) is 15.6. The van der Waals surface area contributed by atoms with Gasteiger partial charge in [-0.2, -0.15) is 0 Å².